The Morgan fingerprint density at radius 1 is 1.18 bits per heavy atom. The zero-order valence-electron chi connectivity index (χ0n) is 17.3. The van der Waals surface area contributed by atoms with Crippen molar-refractivity contribution in [3.05, 3.63) is 29.5 Å². The second kappa shape index (κ2) is 8.67. The van der Waals surface area contributed by atoms with Crippen molar-refractivity contribution in [2.75, 3.05) is 26.3 Å². The molecular weight excluding hydrogens is 356 g/mol. The number of nitrogens with zero attached hydrogens (tertiary/aromatic N) is 2. The molecule has 0 aliphatic carbocycles. The number of hydrogen-bond donors (Lipinski definition) is 0. The molecular formula is C22H30N2O4. The number of aromatic nitrogens is 1. The lowest BCUT2D eigenvalue weighted by molar-refractivity contribution is -0.149. The number of piperidine rings is 1. The highest BCUT2D eigenvalue weighted by atomic mass is 16.5. The molecule has 152 valence electrons. The van der Waals surface area contributed by atoms with E-state index in [9.17, 15) is 9.59 Å². The molecule has 6 nitrogen and oxygen atoms in total. The van der Waals surface area contributed by atoms with Crippen LogP contribution in [-0.2, 0) is 16.1 Å². The number of benzene rings is 1. The fourth-order valence-corrected chi connectivity index (χ4v) is 4.13. The van der Waals surface area contributed by atoms with Crippen molar-refractivity contribution in [2.45, 2.75) is 47.1 Å². The van der Waals surface area contributed by atoms with Crippen molar-refractivity contribution >= 4 is 22.8 Å². The molecule has 1 fully saturated rings. The Kier molecular flexibility index (Phi) is 6.27. The number of esters is 1. The van der Waals surface area contributed by atoms with Crippen LogP contribution in [0.4, 0.5) is 0 Å². The first-order valence-corrected chi connectivity index (χ1v) is 10.2. The van der Waals surface area contributed by atoms with E-state index >= 15 is 0 Å². The van der Waals surface area contributed by atoms with Gasteiger partial charge in [0, 0.05) is 30.5 Å². The van der Waals surface area contributed by atoms with Gasteiger partial charge in [-0.25, -0.2) is 0 Å². The van der Waals surface area contributed by atoms with Crippen LogP contribution in [0.1, 0.15) is 49.7 Å². The molecule has 1 aromatic heterocycles. The highest BCUT2D eigenvalue weighted by molar-refractivity contribution is 6.02. The minimum absolute atomic E-state index is 0.0116. The third-order valence-corrected chi connectivity index (χ3v) is 5.45. The maximum Gasteiger partial charge on any atom is 0.310 e. The van der Waals surface area contributed by atoms with Crippen molar-refractivity contribution in [3.8, 4) is 5.75 Å². The first kappa shape index (κ1) is 20.2. The number of amides is 1. The summed E-state index contributed by atoms with van der Waals surface area (Å²) in [7, 11) is 0. The van der Waals surface area contributed by atoms with E-state index in [2.05, 4.69) is 4.57 Å². The van der Waals surface area contributed by atoms with Crippen LogP contribution >= 0.6 is 0 Å². The van der Waals surface area contributed by atoms with Gasteiger partial charge >= 0.3 is 5.97 Å². The summed E-state index contributed by atoms with van der Waals surface area (Å²) in [5.41, 5.74) is 2.70. The molecule has 0 bridgehead atoms. The van der Waals surface area contributed by atoms with Gasteiger partial charge in [-0.2, -0.15) is 0 Å². The molecule has 1 aliphatic rings. The molecule has 0 radical (unpaired) electrons. The number of ether oxygens (including phenoxy) is 2. The summed E-state index contributed by atoms with van der Waals surface area (Å²) in [5, 5.41) is 1.04. The number of likely N-dealkylation sites (tertiary alicyclic amines) is 1. The average molecular weight is 386 g/mol. The summed E-state index contributed by atoms with van der Waals surface area (Å²) in [5.74, 6) is 0.365. The van der Waals surface area contributed by atoms with Gasteiger partial charge in [0.25, 0.3) is 5.91 Å². The maximum atomic E-state index is 13.4. The van der Waals surface area contributed by atoms with Gasteiger partial charge in [-0.1, -0.05) is 0 Å². The van der Waals surface area contributed by atoms with Crippen LogP contribution < -0.4 is 4.74 Å². The van der Waals surface area contributed by atoms with E-state index in [0.29, 0.717) is 38.5 Å². The fraction of sp³-hybridized carbons (Fsp3) is 0.545. The molecule has 3 rings (SSSR count). The largest absolute Gasteiger partial charge is 0.494 e. The van der Waals surface area contributed by atoms with Crippen LogP contribution in [-0.4, -0.2) is 47.6 Å². The number of carbonyl (C=O) groups is 2. The molecule has 28 heavy (non-hydrogen) atoms. The number of carbonyl (C=O) groups excluding carboxylic acids is 2. The molecule has 1 amide bonds. The SMILES string of the molecule is CCOC(=O)C1CCCN(C(=O)c2c(C)c3cc(OCC)ccc3n2CC)C1. The topological polar surface area (TPSA) is 60.8 Å². The highest BCUT2D eigenvalue weighted by Crippen LogP contribution is 2.31. The Hall–Kier alpha value is -2.50. The first-order valence-electron chi connectivity index (χ1n) is 10.2. The Bertz CT molecular complexity index is 871. The highest BCUT2D eigenvalue weighted by Gasteiger charge is 2.32. The van der Waals surface area contributed by atoms with Crippen LogP contribution in [0.5, 0.6) is 5.75 Å². The zero-order chi connectivity index (χ0) is 20.3. The Balaban J connectivity index is 1.94. The molecule has 0 spiro atoms. The minimum atomic E-state index is -0.234. The smallest absolute Gasteiger partial charge is 0.310 e. The van der Waals surface area contributed by atoms with Crippen LogP contribution in [0.2, 0.25) is 0 Å². The normalized spacial score (nSPS) is 17.0. The van der Waals surface area contributed by atoms with Gasteiger partial charge in [-0.3, -0.25) is 9.59 Å². The predicted octanol–water partition coefficient (Wildman–Crippen LogP) is 3.78. The molecule has 1 saturated heterocycles. The number of rotatable bonds is 6. The first-order chi connectivity index (χ1) is 13.5. The van der Waals surface area contributed by atoms with Gasteiger partial charge < -0.3 is 18.9 Å². The van der Waals surface area contributed by atoms with Crippen molar-refractivity contribution in [2.24, 2.45) is 5.92 Å². The number of aryl methyl sites for hydroxylation is 2. The van der Waals surface area contributed by atoms with Crippen LogP contribution in [0.3, 0.4) is 0 Å². The van der Waals surface area contributed by atoms with Crippen molar-refractivity contribution < 1.29 is 19.1 Å². The second-order valence-corrected chi connectivity index (χ2v) is 7.17. The molecule has 6 heteroatoms. The molecule has 0 saturated carbocycles. The molecule has 1 aliphatic heterocycles. The molecule has 0 N–H and O–H groups in total. The van der Waals surface area contributed by atoms with E-state index in [1.807, 2.05) is 50.8 Å². The van der Waals surface area contributed by atoms with Gasteiger partial charge in [-0.15, -0.1) is 0 Å². The van der Waals surface area contributed by atoms with Gasteiger partial charge in [0.15, 0.2) is 0 Å². The van der Waals surface area contributed by atoms with Gasteiger partial charge in [0.05, 0.1) is 19.1 Å². The summed E-state index contributed by atoms with van der Waals surface area (Å²) in [6.45, 7) is 10.6. The lowest BCUT2D eigenvalue weighted by atomic mass is 9.97. The Morgan fingerprint density at radius 2 is 1.96 bits per heavy atom. The van der Waals surface area contributed by atoms with E-state index in [0.717, 1.165) is 35.1 Å². The minimum Gasteiger partial charge on any atom is -0.494 e. The molecule has 1 unspecified atom stereocenters. The van der Waals surface area contributed by atoms with Gasteiger partial charge in [0.1, 0.15) is 11.4 Å². The van der Waals surface area contributed by atoms with Crippen molar-refractivity contribution in [1.82, 2.24) is 9.47 Å². The quantitative estimate of drug-likeness (QED) is 0.709. The third-order valence-electron chi connectivity index (χ3n) is 5.45. The fourth-order valence-electron chi connectivity index (χ4n) is 4.13. The van der Waals surface area contributed by atoms with E-state index in [-0.39, 0.29) is 17.8 Å². The van der Waals surface area contributed by atoms with Crippen molar-refractivity contribution in [3.63, 3.8) is 0 Å². The summed E-state index contributed by atoms with van der Waals surface area (Å²) in [6, 6.07) is 5.98. The molecule has 1 aromatic carbocycles. The van der Waals surface area contributed by atoms with E-state index in [1.165, 1.54) is 0 Å². The summed E-state index contributed by atoms with van der Waals surface area (Å²) in [4.78, 5) is 27.4. The van der Waals surface area contributed by atoms with Crippen molar-refractivity contribution in [1.29, 1.82) is 0 Å². The Labute approximate surface area is 166 Å². The van der Waals surface area contributed by atoms with Crippen LogP contribution in [0.25, 0.3) is 10.9 Å². The maximum absolute atomic E-state index is 13.4. The number of hydrogen-bond acceptors (Lipinski definition) is 4. The predicted molar refractivity (Wildman–Crippen MR) is 109 cm³/mol. The molecule has 2 aromatic rings. The van der Waals surface area contributed by atoms with E-state index in [1.54, 1.807) is 0 Å². The van der Waals surface area contributed by atoms with E-state index < -0.39 is 0 Å². The summed E-state index contributed by atoms with van der Waals surface area (Å²) < 4.78 is 12.9. The standard InChI is InChI=1S/C22H30N2O4/c1-5-24-19-11-10-17(27-6-2)13-18(19)15(4)20(24)21(25)23-12-8-9-16(14-23)22(26)28-7-3/h10-11,13,16H,5-9,12,14H2,1-4H3. The summed E-state index contributed by atoms with van der Waals surface area (Å²) in [6.07, 6.45) is 1.59. The third kappa shape index (κ3) is 3.73. The zero-order valence-corrected chi connectivity index (χ0v) is 17.3. The van der Waals surface area contributed by atoms with Gasteiger partial charge in [0.2, 0.25) is 0 Å². The molecule has 2 heterocycles. The average Bonchev–Trinajstić information content (AvgIpc) is 2.99. The van der Waals surface area contributed by atoms with Crippen LogP contribution in [0, 0.1) is 12.8 Å². The molecule has 1 atom stereocenters. The lowest BCUT2D eigenvalue weighted by Crippen LogP contribution is -2.43. The lowest BCUT2D eigenvalue weighted by Gasteiger charge is -2.32. The van der Waals surface area contributed by atoms with Gasteiger partial charge in [-0.05, 0) is 64.3 Å². The second-order valence-electron chi connectivity index (χ2n) is 7.17. The monoisotopic (exact) mass is 386 g/mol. The van der Waals surface area contributed by atoms with E-state index in [4.69, 9.17) is 9.47 Å². The van der Waals surface area contributed by atoms with Crippen LogP contribution in [0.15, 0.2) is 18.2 Å². The number of fused-ring (bicyclic) bond motifs is 1. The Morgan fingerprint density at radius 3 is 2.64 bits per heavy atom. The summed E-state index contributed by atoms with van der Waals surface area (Å²) >= 11 is 0.